The van der Waals surface area contributed by atoms with Gasteiger partial charge in [0.1, 0.15) is 0 Å². The summed E-state index contributed by atoms with van der Waals surface area (Å²) >= 11 is 0. The molecule has 23 heavy (non-hydrogen) atoms. The van der Waals surface area contributed by atoms with E-state index in [0.29, 0.717) is 24.1 Å². The highest BCUT2D eigenvalue weighted by Gasteiger charge is 2.18. The molecule has 0 amide bonds. The topological polar surface area (TPSA) is 46.2 Å². The van der Waals surface area contributed by atoms with Crippen molar-refractivity contribution >= 4 is 28.0 Å². The Morgan fingerprint density at radius 1 is 1.17 bits per heavy atom. The van der Waals surface area contributed by atoms with Gasteiger partial charge in [0.2, 0.25) is 0 Å². The van der Waals surface area contributed by atoms with Crippen molar-refractivity contribution in [2.75, 3.05) is 5.32 Å². The molecule has 0 bridgehead atoms. The molecule has 0 radical (unpaired) electrons. The first kappa shape index (κ1) is 15.5. The Hall–Kier alpha value is -2.42. The predicted molar refractivity (Wildman–Crippen MR) is 93.8 cm³/mol. The van der Waals surface area contributed by atoms with E-state index in [0.717, 1.165) is 35.7 Å². The molecule has 2 aromatic carbocycles. The van der Waals surface area contributed by atoms with Crippen molar-refractivity contribution in [2.24, 2.45) is 0 Å². The van der Waals surface area contributed by atoms with Gasteiger partial charge >= 0.3 is 0 Å². The summed E-state index contributed by atoms with van der Waals surface area (Å²) in [5.41, 5.74) is 2.04. The second-order valence-corrected chi connectivity index (χ2v) is 5.98. The fraction of sp³-hybridized carbons (Fsp3) is 0.300. The van der Waals surface area contributed by atoms with Crippen molar-refractivity contribution in [3.8, 4) is 0 Å². The van der Waals surface area contributed by atoms with Crippen LogP contribution < -0.4 is 5.32 Å². The molecule has 3 rings (SSSR count). The maximum Gasteiger partial charge on any atom is 0.178 e. The number of allylic oxidation sites excluding steroid dienone is 2. The van der Waals surface area contributed by atoms with Crippen LogP contribution in [0.25, 0.3) is 10.8 Å². The third-order valence-electron chi connectivity index (χ3n) is 4.23. The van der Waals surface area contributed by atoms with E-state index in [1.165, 1.54) is 0 Å². The average molecular weight is 307 g/mol. The van der Waals surface area contributed by atoms with Crippen molar-refractivity contribution < 1.29 is 9.59 Å². The molecule has 0 unspecified atom stereocenters. The van der Waals surface area contributed by atoms with Crippen LogP contribution in [0.5, 0.6) is 0 Å². The van der Waals surface area contributed by atoms with Crippen LogP contribution in [0.15, 0.2) is 48.2 Å². The third kappa shape index (κ3) is 3.34. The van der Waals surface area contributed by atoms with Crippen molar-refractivity contribution in [3.63, 3.8) is 0 Å². The first-order valence-corrected chi connectivity index (χ1v) is 8.25. The number of carbonyl (C=O) groups is 2. The molecule has 0 atom stereocenters. The van der Waals surface area contributed by atoms with Crippen molar-refractivity contribution in [1.82, 2.24) is 0 Å². The van der Waals surface area contributed by atoms with Crippen LogP contribution in [-0.2, 0) is 4.79 Å². The van der Waals surface area contributed by atoms with Gasteiger partial charge in [-0.1, -0.05) is 43.7 Å². The molecule has 0 spiro atoms. The van der Waals surface area contributed by atoms with E-state index < -0.39 is 0 Å². The monoisotopic (exact) mass is 307 g/mol. The van der Waals surface area contributed by atoms with Gasteiger partial charge in [-0.05, 0) is 35.7 Å². The third-order valence-corrected chi connectivity index (χ3v) is 4.23. The fourth-order valence-electron chi connectivity index (χ4n) is 2.91. The predicted octanol–water partition coefficient (Wildman–Crippen LogP) is 4.87. The van der Waals surface area contributed by atoms with Gasteiger partial charge in [-0.15, -0.1) is 0 Å². The van der Waals surface area contributed by atoms with Crippen molar-refractivity contribution in [3.05, 3.63) is 53.7 Å². The lowest BCUT2D eigenvalue weighted by molar-refractivity contribution is -0.114. The molecule has 1 aliphatic rings. The first-order valence-electron chi connectivity index (χ1n) is 8.25. The summed E-state index contributed by atoms with van der Waals surface area (Å²) in [4.78, 5) is 24.5. The Balaban J connectivity index is 2.01. The summed E-state index contributed by atoms with van der Waals surface area (Å²) in [5, 5.41) is 5.31. The molecule has 1 aliphatic carbocycles. The standard InChI is InChI=1S/C20H21NO2/c1-2-3-10-19(22)16-12-14-7-4-5-8-15(14)13-18(16)21-17-9-6-11-20(17)23/h4-5,7-9,12-13,21H,2-3,6,10-11H2,1H3. The fourth-order valence-corrected chi connectivity index (χ4v) is 2.91. The van der Waals surface area contributed by atoms with Crippen molar-refractivity contribution in [1.29, 1.82) is 0 Å². The van der Waals surface area contributed by atoms with Gasteiger partial charge in [0, 0.05) is 18.4 Å². The number of nitrogens with one attached hydrogen (secondary N) is 1. The van der Waals surface area contributed by atoms with Crippen LogP contribution in [0.1, 0.15) is 49.4 Å². The molecule has 1 N–H and O–H groups in total. The van der Waals surface area contributed by atoms with E-state index in [9.17, 15) is 9.59 Å². The second-order valence-electron chi connectivity index (χ2n) is 5.98. The number of hydrogen-bond acceptors (Lipinski definition) is 3. The smallest absolute Gasteiger partial charge is 0.178 e. The summed E-state index contributed by atoms with van der Waals surface area (Å²) in [7, 11) is 0. The van der Waals surface area contributed by atoms with E-state index >= 15 is 0 Å². The minimum Gasteiger partial charge on any atom is -0.352 e. The zero-order chi connectivity index (χ0) is 16.2. The number of fused-ring (bicyclic) bond motifs is 1. The summed E-state index contributed by atoms with van der Waals surface area (Å²) in [5.74, 6) is 0.247. The number of anilines is 1. The van der Waals surface area contributed by atoms with Crippen LogP contribution >= 0.6 is 0 Å². The minimum atomic E-state index is 0.116. The number of carbonyl (C=O) groups excluding carboxylic acids is 2. The van der Waals surface area contributed by atoms with Crippen LogP contribution in [0.3, 0.4) is 0 Å². The quantitative estimate of drug-likeness (QED) is 0.774. The van der Waals surface area contributed by atoms with E-state index in [1.807, 2.05) is 42.5 Å². The molecule has 2 aromatic rings. The number of rotatable bonds is 6. The zero-order valence-electron chi connectivity index (χ0n) is 13.4. The van der Waals surface area contributed by atoms with E-state index in [1.54, 1.807) is 0 Å². The molecule has 0 heterocycles. The number of ketones is 2. The molecule has 0 saturated heterocycles. The van der Waals surface area contributed by atoms with Gasteiger partial charge in [0.15, 0.2) is 11.6 Å². The van der Waals surface area contributed by atoms with Gasteiger partial charge in [-0.2, -0.15) is 0 Å². The Bertz CT molecular complexity index is 789. The number of hydrogen-bond donors (Lipinski definition) is 1. The molecule has 0 saturated carbocycles. The van der Waals surface area contributed by atoms with Crippen molar-refractivity contribution in [2.45, 2.75) is 39.0 Å². The molecule has 0 aromatic heterocycles. The average Bonchev–Trinajstić information content (AvgIpc) is 2.97. The Morgan fingerprint density at radius 2 is 1.91 bits per heavy atom. The number of benzene rings is 2. The highest BCUT2D eigenvalue weighted by molar-refractivity contribution is 6.08. The molecule has 0 fully saturated rings. The molecule has 118 valence electrons. The van der Waals surface area contributed by atoms with Crippen LogP contribution in [-0.4, -0.2) is 11.6 Å². The van der Waals surface area contributed by atoms with Crippen LogP contribution in [0, 0.1) is 0 Å². The Morgan fingerprint density at radius 3 is 2.57 bits per heavy atom. The largest absolute Gasteiger partial charge is 0.352 e. The van der Waals surface area contributed by atoms with E-state index in [-0.39, 0.29) is 11.6 Å². The highest BCUT2D eigenvalue weighted by atomic mass is 16.1. The summed E-state index contributed by atoms with van der Waals surface area (Å²) in [6, 6.07) is 11.9. The Labute approximate surface area is 136 Å². The lowest BCUT2D eigenvalue weighted by Crippen LogP contribution is -2.10. The number of Topliss-reactive ketones (excluding diaryl/α,β-unsaturated/α-hetero) is 2. The molecule has 3 heteroatoms. The first-order chi connectivity index (χ1) is 11.2. The normalized spacial score (nSPS) is 14.1. The Kier molecular flexibility index (Phi) is 4.56. The summed E-state index contributed by atoms with van der Waals surface area (Å²) < 4.78 is 0. The molecule has 0 aliphatic heterocycles. The maximum absolute atomic E-state index is 12.6. The van der Waals surface area contributed by atoms with E-state index in [2.05, 4.69) is 12.2 Å². The second kappa shape index (κ2) is 6.78. The van der Waals surface area contributed by atoms with Gasteiger partial charge in [0.05, 0.1) is 11.4 Å². The van der Waals surface area contributed by atoms with Gasteiger partial charge in [-0.3, -0.25) is 9.59 Å². The van der Waals surface area contributed by atoms with Crippen LogP contribution in [0.4, 0.5) is 5.69 Å². The molecular formula is C20H21NO2. The number of unbranched alkanes of at least 4 members (excludes halogenated alkanes) is 1. The highest BCUT2D eigenvalue weighted by Crippen LogP contribution is 2.28. The lowest BCUT2D eigenvalue weighted by atomic mass is 9.99. The van der Waals surface area contributed by atoms with Crippen LogP contribution in [0.2, 0.25) is 0 Å². The molecular weight excluding hydrogens is 286 g/mol. The summed E-state index contributed by atoms with van der Waals surface area (Å²) in [6.45, 7) is 2.08. The summed E-state index contributed by atoms with van der Waals surface area (Å²) in [6.07, 6.45) is 5.65. The zero-order valence-corrected chi connectivity index (χ0v) is 13.4. The van der Waals surface area contributed by atoms with Gasteiger partial charge in [-0.25, -0.2) is 0 Å². The maximum atomic E-state index is 12.6. The SMILES string of the molecule is CCCCC(=O)c1cc2ccccc2cc1NC1=CCCC1=O. The van der Waals surface area contributed by atoms with Gasteiger partial charge in [0.25, 0.3) is 0 Å². The lowest BCUT2D eigenvalue weighted by Gasteiger charge is -2.13. The molecule has 3 nitrogen and oxygen atoms in total. The van der Waals surface area contributed by atoms with E-state index in [4.69, 9.17) is 0 Å². The minimum absolute atomic E-state index is 0.116. The van der Waals surface area contributed by atoms with Gasteiger partial charge < -0.3 is 5.32 Å².